The highest BCUT2D eigenvalue weighted by Gasteiger charge is 2.03. The van der Waals surface area contributed by atoms with Crippen LogP contribution < -0.4 is 0 Å². The summed E-state index contributed by atoms with van der Waals surface area (Å²) in [6, 6.07) is 4.37. The van der Waals surface area contributed by atoms with E-state index in [-0.39, 0.29) is 12.2 Å². The van der Waals surface area contributed by atoms with Crippen molar-refractivity contribution in [3.05, 3.63) is 34.9 Å². The Kier molecular flexibility index (Phi) is 3.83. The molecule has 0 aliphatic carbocycles. The van der Waals surface area contributed by atoms with Gasteiger partial charge in [-0.15, -0.1) is 0 Å². The van der Waals surface area contributed by atoms with Crippen LogP contribution in [0.15, 0.2) is 23.8 Å². The third-order valence-corrected chi connectivity index (χ3v) is 2.03. The smallest absolute Gasteiger partial charge is 0.307 e. The van der Waals surface area contributed by atoms with Gasteiger partial charge in [-0.1, -0.05) is 17.7 Å². The average Bonchev–Trinajstić information content (AvgIpc) is 2.19. The number of aldehydes is 1. The van der Waals surface area contributed by atoms with Gasteiger partial charge in [0.2, 0.25) is 0 Å². The van der Waals surface area contributed by atoms with Crippen molar-refractivity contribution in [3.63, 3.8) is 0 Å². The van der Waals surface area contributed by atoms with E-state index in [0.717, 1.165) is 0 Å². The van der Waals surface area contributed by atoms with Gasteiger partial charge in [0.05, 0.1) is 6.42 Å². The normalized spacial score (nSPS) is 11.2. The average molecular weight is 220 g/mol. The van der Waals surface area contributed by atoms with Crippen LogP contribution in [0.2, 0.25) is 0 Å². The summed E-state index contributed by atoms with van der Waals surface area (Å²) < 4.78 is 0. The van der Waals surface area contributed by atoms with Crippen molar-refractivity contribution in [2.75, 3.05) is 0 Å². The van der Waals surface area contributed by atoms with Gasteiger partial charge in [0.1, 0.15) is 5.75 Å². The molecule has 4 nitrogen and oxygen atoms in total. The van der Waals surface area contributed by atoms with Crippen LogP contribution in [0, 0.1) is 0 Å². The van der Waals surface area contributed by atoms with E-state index in [9.17, 15) is 14.7 Å². The molecule has 0 aromatic heterocycles. The quantitative estimate of drug-likeness (QED) is 0.762. The fourth-order valence-electron chi connectivity index (χ4n) is 1.35. The van der Waals surface area contributed by atoms with Gasteiger partial charge in [0.15, 0.2) is 6.29 Å². The molecule has 0 aliphatic rings. The van der Waals surface area contributed by atoms with Crippen molar-refractivity contribution < 1.29 is 19.8 Å². The summed E-state index contributed by atoms with van der Waals surface area (Å²) in [5, 5.41) is 17.8. The molecule has 0 atom stereocenters. The maximum absolute atomic E-state index is 10.7. The van der Waals surface area contributed by atoms with Crippen LogP contribution in [0.3, 0.4) is 0 Å². The zero-order valence-corrected chi connectivity index (χ0v) is 8.80. The van der Waals surface area contributed by atoms with Crippen molar-refractivity contribution in [2.45, 2.75) is 13.3 Å². The van der Waals surface area contributed by atoms with Crippen LogP contribution in [0.5, 0.6) is 5.75 Å². The zero-order chi connectivity index (χ0) is 12.1. The minimum Gasteiger partial charge on any atom is -0.508 e. The Morgan fingerprint density at radius 3 is 2.62 bits per heavy atom. The summed E-state index contributed by atoms with van der Waals surface area (Å²) in [6.07, 6.45) is 2.18. The number of hydrogen-bond donors (Lipinski definition) is 2. The highest BCUT2D eigenvalue weighted by Crippen LogP contribution is 2.18. The minimum absolute atomic E-state index is 0.00939. The molecule has 0 aliphatic heterocycles. The van der Waals surface area contributed by atoms with E-state index in [2.05, 4.69) is 0 Å². The minimum atomic E-state index is -0.916. The number of carboxylic acids is 1. The van der Waals surface area contributed by atoms with Crippen molar-refractivity contribution in [1.82, 2.24) is 0 Å². The molecule has 0 heterocycles. The van der Waals surface area contributed by atoms with Crippen LogP contribution >= 0.6 is 0 Å². The molecule has 0 fully saturated rings. The molecular weight excluding hydrogens is 208 g/mol. The Bertz CT molecular complexity index is 446. The Hall–Kier alpha value is -2.10. The molecule has 0 saturated heterocycles. The number of aliphatic carboxylic acids is 1. The molecular formula is C12H12O4. The Labute approximate surface area is 92.8 Å². The highest BCUT2D eigenvalue weighted by molar-refractivity contribution is 5.83. The van der Waals surface area contributed by atoms with E-state index in [1.807, 2.05) is 0 Å². The fourth-order valence-corrected chi connectivity index (χ4v) is 1.35. The first-order valence-electron chi connectivity index (χ1n) is 4.70. The number of benzene rings is 1. The topological polar surface area (TPSA) is 74.6 Å². The third kappa shape index (κ3) is 3.24. The molecule has 0 amide bonds. The molecule has 1 aromatic carbocycles. The first-order chi connectivity index (χ1) is 7.52. The molecule has 0 spiro atoms. The third-order valence-electron chi connectivity index (χ3n) is 2.03. The van der Waals surface area contributed by atoms with Gasteiger partial charge in [-0.25, -0.2) is 0 Å². The van der Waals surface area contributed by atoms with Gasteiger partial charge in [-0.3, -0.25) is 9.59 Å². The van der Waals surface area contributed by atoms with Crippen LogP contribution in [0.1, 0.15) is 29.3 Å². The van der Waals surface area contributed by atoms with Crippen LogP contribution in [-0.2, 0) is 4.79 Å². The van der Waals surface area contributed by atoms with Gasteiger partial charge in [0.25, 0.3) is 0 Å². The number of hydrogen-bond acceptors (Lipinski definition) is 3. The largest absolute Gasteiger partial charge is 0.508 e. The van der Waals surface area contributed by atoms with Gasteiger partial charge in [-0.05, 0) is 24.6 Å². The number of aromatic hydroxyl groups is 1. The lowest BCUT2D eigenvalue weighted by Crippen LogP contribution is -1.95. The summed E-state index contributed by atoms with van der Waals surface area (Å²) in [5.74, 6) is -0.907. The standard InChI is InChI=1S/C12H12O4/c1-8(5-12(15)16)4-9-2-3-11(14)6-10(9)7-13/h2-4,6-7,14H,5H2,1H3,(H,15,16)/b8-4-. The van der Waals surface area contributed by atoms with Crippen molar-refractivity contribution in [2.24, 2.45) is 0 Å². The number of carboxylic acid groups (broad SMARTS) is 1. The molecule has 2 N–H and O–H groups in total. The van der Waals surface area contributed by atoms with Crippen molar-refractivity contribution >= 4 is 18.3 Å². The second-order valence-corrected chi connectivity index (χ2v) is 3.49. The van der Waals surface area contributed by atoms with E-state index in [4.69, 9.17) is 5.11 Å². The molecule has 0 bridgehead atoms. The maximum Gasteiger partial charge on any atom is 0.307 e. The Morgan fingerprint density at radius 2 is 2.06 bits per heavy atom. The van der Waals surface area contributed by atoms with Gasteiger partial charge < -0.3 is 10.2 Å². The number of rotatable bonds is 4. The first kappa shape index (κ1) is 12.0. The predicted octanol–water partition coefficient (Wildman–Crippen LogP) is 2.08. The van der Waals surface area contributed by atoms with Gasteiger partial charge in [0, 0.05) is 5.56 Å². The summed E-state index contributed by atoms with van der Waals surface area (Å²) >= 11 is 0. The molecule has 1 aromatic rings. The molecule has 0 unspecified atom stereocenters. The van der Waals surface area contributed by atoms with E-state index in [1.54, 1.807) is 19.1 Å². The van der Waals surface area contributed by atoms with Crippen molar-refractivity contribution in [3.8, 4) is 5.75 Å². The molecule has 0 saturated carbocycles. The van der Waals surface area contributed by atoms with E-state index < -0.39 is 5.97 Å². The number of carbonyl (C=O) groups excluding carboxylic acids is 1. The number of carbonyl (C=O) groups is 2. The van der Waals surface area contributed by atoms with Crippen molar-refractivity contribution in [1.29, 1.82) is 0 Å². The summed E-state index contributed by atoms with van der Waals surface area (Å²) in [5.41, 5.74) is 1.58. The van der Waals surface area contributed by atoms with E-state index >= 15 is 0 Å². The van der Waals surface area contributed by atoms with E-state index in [1.165, 1.54) is 12.1 Å². The Balaban J connectivity index is 3.04. The Morgan fingerprint density at radius 1 is 1.38 bits per heavy atom. The predicted molar refractivity (Wildman–Crippen MR) is 59.4 cm³/mol. The molecule has 0 radical (unpaired) electrons. The summed E-state index contributed by atoms with van der Waals surface area (Å²) in [7, 11) is 0. The summed E-state index contributed by atoms with van der Waals surface area (Å²) in [6.45, 7) is 1.68. The van der Waals surface area contributed by atoms with Gasteiger partial charge >= 0.3 is 5.97 Å². The van der Waals surface area contributed by atoms with Crippen LogP contribution in [0.25, 0.3) is 6.08 Å². The zero-order valence-electron chi connectivity index (χ0n) is 8.80. The SMILES string of the molecule is C/C(=C/c1ccc(O)cc1C=O)CC(=O)O. The first-order valence-corrected chi connectivity index (χ1v) is 4.70. The molecule has 84 valence electrons. The maximum atomic E-state index is 10.7. The van der Waals surface area contributed by atoms with Crippen LogP contribution in [0.4, 0.5) is 0 Å². The molecule has 16 heavy (non-hydrogen) atoms. The highest BCUT2D eigenvalue weighted by atomic mass is 16.4. The lowest BCUT2D eigenvalue weighted by atomic mass is 10.0. The van der Waals surface area contributed by atoms with Gasteiger partial charge in [-0.2, -0.15) is 0 Å². The van der Waals surface area contributed by atoms with E-state index in [0.29, 0.717) is 23.0 Å². The van der Waals surface area contributed by atoms with Crippen LogP contribution in [-0.4, -0.2) is 22.5 Å². The monoisotopic (exact) mass is 220 g/mol. The molecule has 4 heteroatoms. The second-order valence-electron chi connectivity index (χ2n) is 3.49. The lowest BCUT2D eigenvalue weighted by Gasteiger charge is -2.02. The number of phenolic OH excluding ortho intramolecular Hbond substituents is 1. The fraction of sp³-hybridized carbons (Fsp3) is 0.167. The number of phenols is 1. The summed E-state index contributed by atoms with van der Waals surface area (Å²) in [4.78, 5) is 21.2. The second kappa shape index (κ2) is 5.11. The lowest BCUT2D eigenvalue weighted by molar-refractivity contribution is -0.136. The molecule has 1 rings (SSSR count).